The van der Waals surface area contributed by atoms with Gasteiger partial charge in [0.25, 0.3) is 0 Å². The summed E-state index contributed by atoms with van der Waals surface area (Å²) in [5.41, 5.74) is 14.3. The van der Waals surface area contributed by atoms with E-state index in [9.17, 15) is 0 Å². The van der Waals surface area contributed by atoms with E-state index in [1.54, 1.807) is 0 Å². The molecule has 0 saturated carbocycles. The van der Waals surface area contributed by atoms with Gasteiger partial charge in [0.2, 0.25) is 0 Å². The van der Waals surface area contributed by atoms with Crippen molar-refractivity contribution in [3.05, 3.63) is 177 Å². The summed E-state index contributed by atoms with van der Waals surface area (Å²) < 4.78 is 0. The van der Waals surface area contributed by atoms with Crippen LogP contribution < -0.4 is 0 Å². The van der Waals surface area contributed by atoms with E-state index in [1.165, 1.54) is 55.6 Å². The summed E-state index contributed by atoms with van der Waals surface area (Å²) in [6, 6.07) is 46.5. The van der Waals surface area contributed by atoms with Crippen LogP contribution in [0.4, 0.5) is 0 Å². The summed E-state index contributed by atoms with van der Waals surface area (Å²) in [6.45, 7) is 0. The highest BCUT2D eigenvalue weighted by molar-refractivity contribution is 5.31. The highest BCUT2D eigenvalue weighted by atomic mass is 14.1. The molecule has 0 N–H and O–H groups in total. The van der Waals surface area contributed by atoms with E-state index >= 15 is 0 Å². The first-order valence-corrected chi connectivity index (χ1v) is 15.1. The van der Waals surface area contributed by atoms with Crippen molar-refractivity contribution in [2.24, 2.45) is 0 Å². The molecule has 0 atom stereocenters. The molecule has 0 radical (unpaired) electrons. The largest absolute Gasteiger partial charge is 0.0588 e. The molecule has 0 fully saturated rings. The summed E-state index contributed by atoms with van der Waals surface area (Å²) in [4.78, 5) is 0. The average molecular weight is 521 g/mol. The summed E-state index contributed by atoms with van der Waals surface area (Å²) >= 11 is 0. The summed E-state index contributed by atoms with van der Waals surface area (Å²) in [6.07, 6.45) is 10.9. The zero-order chi connectivity index (χ0) is 27.0. The molecule has 5 aromatic rings. The van der Waals surface area contributed by atoms with Gasteiger partial charge in [0.05, 0.1) is 0 Å². The molecule has 40 heavy (non-hydrogen) atoms. The minimum Gasteiger partial charge on any atom is -0.0588 e. The summed E-state index contributed by atoms with van der Waals surface area (Å²) in [7, 11) is 0. The maximum Gasteiger partial charge on any atom is -0.0238 e. The quantitative estimate of drug-likeness (QED) is 0.191. The van der Waals surface area contributed by atoms with E-state index in [0.29, 0.717) is 0 Å². The van der Waals surface area contributed by atoms with Gasteiger partial charge in [-0.2, -0.15) is 0 Å². The SMILES string of the molecule is c1cc2ccc1CCc1ccc(cc1)CCc1ccc(cc1)CCc1ccc(cc1)CCc1ccc(cc1)CC2. The second-order valence-corrected chi connectivity index (χ2v) is 11.6. The van der Waals surface area contributed by atoms with Gasteiger partial charge in [-0.05, 0) is 120 Å². The van der Waals surface area contributed by atoms with E-state index in [4.69, 9.17) is 0 Å². The summed E-state index contributed by atoms with van der Waals surface area (Å²) in [5.74, 6) is 0. The van der Waals surface area contributed by atoms with Crippen LogP contribution in [0.3, 0.4) is 0 Å². The van der Waals surface area contributed by atoms with Gasteiger partial charge in [0.15, 0.2) is 0 Å². The van der Waals surface area contributed by atoms with E-state index in [1.807, 2.05) is 0 Å². The van der Waals surface area contributed by atoms with Crippen LogP contribution in [0.5, 0.6) is 0 Å². The van der Waals surface area contributed by atoms with Gasteiger partial charge in [-0.3, -0.25) is 0 Å². The molecular formula is C40H40. The van der Waals surface area contributed by atoms with Crippen molar-refractivity contribution < 1.29 is 0 Å². The molecule has 200 valence electrons. The van der Waals surface area contributed by atoms with Crippen LogP contribution in [0.25, 0.3) is 0 Å². The molecule has 10 aliphatic rings. The molecule has 0 aromatic heterocycles. The lowest BCUT2D eigenvalue weighted by atomic mass is 9.97. The molecule has 0 unspecified atom stereocenters. The van der Waals surface area contributed by atoms with Gasteiger partial charge >= 0.3 is 0 Å². The molecule has 0 nitrogen and oxygen atoms in total. The maximum absolute atomic E-state index is 2.32. The monoisotopic (exact) mass is 520 g/mol. The third-order valence-electron chi connectivity index (χ3n) is 8.63. The number of hydrogen-bond donors (Lipinski definition) is 0. The molecule has 0 heterocycles. The van der Waals surface area contributed by atoms with Gasteiger partial charge < -0.3 is 0 Å². The van der Waals surface area contributed by atoms with Gasteiger partial charge in [-0.1, -0.05) is 121 Å². The maximum atomic E-state index is 2.32. The van der Waals surface area contributed by atoms with Crippen LogP contribution in [0.1, 0.15) is 55.6 Å². The normalized spacial score (nSPS) is 14.5. The molecule has 5 aromatic carbocycles. The molecule has 0 aliphatic heterocycles. The number of aryl methyl sites for hydroxylation is 10. The summed E-state index contributed by atoms with van der Waals surface area (Å²) in [5, 5.41) is 0. The molecule has 0 heteroatoms. The van der Waals surface area contributed by atoms with Crippen molar-refractivity contribution in [2.75, 3.05) is 0 Å². The van der Waals surface area contributed by atoms with Crippen LogP contribution in [0.15, 0.2) is 121 Å². The van der Waals surface area contributed by atoms with E-state index < -0.39 is 0 Å². The zero-order valence-corrected chi connectivity index (χ0v) is 23.6. The fourth-order valence-corrected chi connectivity index (χ4v) is 5.81. The van der Waals surface area contributed by atoms with Crippen molar-refractivity contribution in [1.29, 1.82) is 0 Å². The first kappa shape index (κ1) is 26.3. The Morgan fingerprint density at radius 3 is 0.300 bits per heavy atom. The van der Waals surface area contributed by atoms with Gasteiger partial charge in [0, 0.05) is 0 Å². The first-order chi connectivity index (χ1) is 19.7. The van der Waals surface area contributed by atoms with Crippen molar-refractivity contribution in [3.63, 3.8) is 0 Å². The molecule has 10 aliphatic carbocycles. The lowest BCUT2D eigenvalue weighted by molar-refractivity contribution is 0.921. The highest BCUT2D eigenvalue weighted by Crippen LogP contribution is 2.17. The topological polar surface area (TPSA) is 0 Å². The van der Waals surface area contributed by atoms with E-state index in [2.05, 4.69) is 121 Å². The average Bonchev–Trinajstić information content (AvgIpc) is 3.02. The smallest absolute Gasteiger partial charge is 0.0238 e. The molecule has 0 amide bonds. The Labute approximate surface area is 240 Å². The van der Waals surface area contributed by atoms with Crippen LogP contribution in [0, 0.1) is 0 Å². The fraction of sp³-hybridized carbons (Fsp3) is 0.250. The van der Waals surface area contributed by atoms with Crippen molar-refractivity contribution in [1.82, 2.24) is 0 Å². The van der Waals surface area contributed by atoms with Crippen LogP contribution >= 0.6 is 0 Å². The predicted octanol–water partition coefficient (Wildman–Crippen LogP) is 8.93. The Morgan fingerprint density at radius 2 is 0.225 bits per heavy atom. The number of hydrogen-bond acceptors (Lipinski definition) is 0. The Balaban J connectivity index is 1.16. The highest BCUT2D eigenvalue weighted by Gasteiger charge is 2.04. The molecule has 0 saturated heterocycles. The second-order valence-electron chi connectivity index (χ2n) is 11.6. The van der Waals surface area contributed by atoms with Crippen LogP contribution in [-0.4, -0.2) is 0 Å². The predicted molar refractivity (Wildman–Crippen MR) is 169 cm³/mol. The van der Waals surface area contributed by atoms with Gasteiger partial charge in [-0.15, -0.1) is 0 Å². The Kier molecular flexibility index (Phi) is 8.54. The van der Waals surface area contributed by atoms with Crippen LogP contribution in [-0.2, 0) is 64.2 Å². The lowest BCUT2D eigenvalue weighted by Gasteiger charge is -2.09. The molecular weight excluding hydrogens is 480 g/mol. The lowest BCUT2D eigenvalue weighted by Crippen LogP contribution is -1.97. The number of rotatable bonds is 0. The van der Waals surface area contributed by atoms with E-state index in [-0.39, 0.29) is 0 Å². The van der Waals surface area contributed by atoms with Gasteiger partial charge in [-0.25, -0.2) is 0 Å². The van der Waals surface area contributed by atoms with Gasteiger partial charge in [0.1, 0.15) is 0 Å². The van der Waals surface area contributed by atoms with Crippen molar-refractivity contribution in [3.8, 4) is 0 Å². The second kappa shape index (κ2) is 13.0. The molecule has 10 bridgehead atoms. The molecule has 15 rings (SSSR count). The van der Waals surface area contributed by atoms with E-state index in [0.717, 1.165) is 64.2 Å². The molecule has 0 spiro atoms. The Bertz CT molecular complexity index is 1080. The third-order valence-corrected chi connectivity index (χ3v) is 8.63. The first-order valence-electron chi connectivity index (χ1n) is 15.1. The minimum atomic E-state index is 1.09. The zero-order valence-electron chi connectivity index (χ0n) is 23.6. The van der Waals surface area contributed by atoms with Crippen LogP contribution in [0.2, 0.25) is 0 Å². The fourth-order valence-electron chi connectivity index (χ4n) is 5.81. The van der Waals surface area contributed by atoms with Crippen molar-refractivity contribution >= 4 is 0 Å². The number of benzene rings is 5. The standard InChI is InChI=1S/C40H40/c1-2-32-4-3-31(1)21-22-33-5-7-35(8-6-33)25-26-37-13-15-39(16-14-37)29-30-40-19-17-38(18-20-40)28-27-36-11-9-34(10-12-36)24-23-32/h1-20H,21-30H2. The Hall–Kier alpha value is -3.90. The Morgan fingerprint density at radius 1 is 0.150 bits per heavy atom. The third kappa shape index (κ3) is 7.39. The minimum absolute atomic E-state index is 1.09. The van der Waals surface area contributed by atoms with Crippen molar-refractivity contribution in [2.45, 2.75) is 64.2 Å².